The van der Waals surface area contributed by atoms with E-state index in [1.165, 1.54) is 31.9 Å². The van der Waals surface area contributed by atoms with Crippen LogP contribution in [-0.2, 0) is 4.74 Å². The maximum absolute atomic E-state index is 14.3. The monoisotopic (exact) mass is 506 g/mol. The van der Waals surface area contributed by atoms with E-state index >= 15 is 0 Å². The lowest BCUT2D eigenvalue weighted by Gasteiger charge is -2.13. The number of carbonyl (C=O) groups is 1. The Balaban J connectivity index is 1.38. The predicted molar refractivity (Wildman–Crippen MR) is 135 cm³/mol. The van der Waals surface area contributed by atoms with E-state index < -0.39 is 11.8 Å². The van der Waals surface area contributed by atoms with Crippen LogP contribution in [0.2, 0.25) is 0 Å². The summed E-state index contributed by atoms with van der Waals surface area (Å²) in [6, 6.07) is 5.11. The van der Waals surface area contributed by atoms with Gasteiger partial charge >= 0.3 is 5.97 Å². The van der Waals surface area contributed by atoms with Crippen LogP contribution in [0, 0.1) is 12.7 Å². The summed E-state index contributed by atoms with van der Waals surface area (Å²) in [6.45, 7) is 5.00. The second-order valence-corrected chi connectivity index (χ2v) is 8.04. The number of benzene rings is 1. The van der Waals surface area contributed by atoms with Gasteiger partial charge in [0.05, 0.1) is 25.9 Å². The molecule has 192 valence electrons. The molecule has 11 heteroatoms. The number of nitrogens with zero attached hydrogens (tertiary/aromatic N) is 5. The zero-order valence-corrected chi connectivity index (χ0v) is 20.8. The van der Waals surface area contributed by atoms with Crippen molar-refractivity contribution in [2.45, 2.75) is 26.7 Å². The second-order valence-electron chi connectivity index (χ2n) is 8.04. The predicted octanol–water partition coefficient (Wildman–Crippen LogP) is 4.39. The molecule has 4 rings (SSSR count). The number of methoxy groups -OCH3 is 1. The fourth-order valence-corrected chi connectivity index (χ4v) is 3.62. The molecule has 1 N–H and O–H groups in total. The summed E-state index contributed by atoms with van der Waals surface area (Å²) >= 11 is 0. The fraction of sp³-hybridized carbons (Fsp3) is 0.308. The third-order valence-corrected chi connectivity index (χ3v) is 5.51. The van der Waals surface area contributed by atoms with Gasteiger partial charge in [0, 0.05) is 41.8 Å². The van der Waals surface area contributed by atoms with Crippen molar-refractivity contribution in [1.82, 2.24) is 24.9 Å². The first-order valence-corrected chi connectivity index (χ1v) is 11.8. The van der Waals surface area contributed by atoms with Crippen molar-refractivity contribution >= 4 is 22.8 Å². The van der Waals surface area contributed by atoms with E-state index in [4.69, 9.17) is 14.2 Å². The molecule has 37 heavy (non-hydrogen) atoms. The molecule has 0 bridgehead atoms. The smallest absolute Gasteiger partial charge is 0.341 e. The van der Waals surface area contributed by atoms with Crippen LogP contribution >= 0.6 is 0 Å². The van der Waals surface area contributed by atoms with Crippen molar-refractivity contribution in [2.75, 3.05) is 32.2 Å². The Morgan fingerprint density at radius 1 is 1.00 bits per heavy atom. The number of aromatic nitrogens is 5. The largest absolute Gasteiger partial charge is 0.491 e. The highest BCUT2D eigenvalue weighted by atomic mass is 19.1. The van der Waals surface area contributed by atoms with Crippen molar-refractivity contribution in [1.29, 1.82) is 0 Å². The maximum atomic E-state index is 14.3. The lowest BCUT2D eigenvalue weighted by molar-refractivity contribution is 0.0525. The van der Waals surface area contributed by atoms with E-state index in [2.05, 4.69) is 30.2 Å². The molecule has 0 radical (unpaired) electrons. The topological polar surface area (TPSA) is 121 Å². The van der Waals surface area contributed by atoms with E-state index in [1.807, 2.05) is 19.1 Å². The highest BCUT2D eigenvalue weighted by Crippen LogP contribution is 2.33. The molecule has 0 fully saturated rings. The minimum atomic E-state index is -0.546. The summed E-state index contributed by atoms with van der Waals surface area (Å²) in [7, 11) is 1.37. The van der Waals surface area contributed by atoms with Crippen molar-refractivity contribution in [2.24, 2.45) is 0 Å². The average Bonchev–Trinajstić information content (AvgIpc) is 2.91. The van der Waals surface area contributed by atoms with Crippen LogP contribution < -0.4 is 14.8 Å². The quantitative estimate of drug-likeness (QED) is 0.232. The maximum Gasteiger partial charge on any atom is 0.341 e. The van der Waals surface area contributed by atoms with Crippen LogP contribution in [0.25, 0.3) is 22.0 Å². The molecule has 10 nitrogen and oxygen atoms in total. The van der Waals surface area contributed by atoms with E-state index in [1.54, 1.807) is 13.1 Å². The minimum absolute atomic E-state index is 0.0607. The molecule has 4 aromatic rings. The Kier molecular flexibility index (Phi) is 8.34. The standard InChI is InChI=1S/C26H27FN6O4/c1-4-36-25(34)19-13-30-26(31-14-19)28-7-5-6-8-37-22-11-17(9-20-16(2)32-15-33-23(20)22)18-10-21(27)24(35-3)29-12-18/h9-15H,4-8H2,1-3H3,(H,28,30,31). The zero-order chi connectivity index (χ0) is 26.2. The highest BCUT2D eigenvalue weighted by Gasteiger charge is 2.13. The highest BCUT2D eigenvalue weighted by molar-refractivity contribution is 5.91. The number of hydrogen-bond acceptors (Lipinski definition) is 10. The number of rotatable bonds is 11. The number of nitrogens with one attached hydrogen (secondary N) is 1. The number of ether oxygens (including phenoxy) is 3. The molecule has 0 unspecified atom stereocenters. The summed E-state index contributed by atoms with van der Waals surface area (Å²) in [5, 5.41) is 3.94. The normalized spacial score (nSPS) is 10.8. The van der Waals surface area contributed by atoms with Crippen LogP contribution in [0.5, 0.6) is 11.6 Å². The second kappa shape index (κ2) is 12.0. The number of pyridine rings is 1. The van der Waals surface area contributed by atoms with Crippen molar-refractivity contribution in [3.8, 4) is 22.8 Å². The Morgan fingerprint density at radius 3 is 2.54 bits per heavy atom. The van der Waals surface area contributed by atoms with Gasteiger partial charge in [-0.2, -0.15) is 0 Å². The average molecular weight is 507 g/mol. The van der Waals surface area contributed by atoms with Gasteiger partial charge in [-0.3, -0.25) is 0 Å². The molecular weight excluding hydrogens is 479 g/mol. The van der Waals surface area contributed by atoms with E-state index in [-0.39, 0.29) is 5.88 Å². The molecule has 3 aromatic heterocycles. The van der Waals surface area contributed by atoms with Gasteiger partial charge in [-0.15, -0.1) is 0 Å². The number of hydrogen-bond donors (Lipinski definition) is 1. The molecule has 0 atom stereocenters. The summed E-state index contributed by atoms with van der Waals surface area (Å²) < 4.78 is 30.2. The molecule has 0 aliphatic carbocycles. The Labute approximate surface area is 213 Å². The van der Waals surface area contributed by atoms with Gasteiger partial charge in [0.15, 0.2) is 5.82 Å². The number of aryl methyl sites for hydroxylation is 1. The number of fused-ring (bicyclic) bond motifs is 1. The number of esters is 1. The first-order valence-electron chi connectivity index (χ1n) is 11.8. The van der Waals surface area contributed by atoms with Gasteiger partial charge < -0.3 is 19.5 Å². The Hall–Kier alpha value is -4.41. The number of anilines is 1. The van der Waals surface area contributed by atoms with Crippen LogP contribution in [0.1, 0.15) is 35.8 Å². The summed E-state index contributed by atoms with van der Waals surface area (Å²) in [5.41, 5.74) is 3.11. The summed E-state index contributed by atoms with van der Waals surface area (Å²) in [6.07, 6.45) is 7.46. The molecule has 0 amide bonds. The van der Waals surface area contributed by atoms with E-state index in [9.17, 15) is 9.18 Å². The van der Waals surface area contributed by atoms with Gasteiger partial charge in [-0.05, 0) is 50.5 Å². The fourth-order valence-electron chi connectivity index (χ4n) is 3.62. The van der Waals surface area contributed by atoms with E-state index in [0.717, 1.165) is 29.5 Å². The lowest BCUT2D eigenvalue weighted by Crippen LogP contribution is -2.10. The van der Waals surface area contributed by atoms with Gasteiger partial charge in [0.1, 0.15) is 17.6 Å². The van der Waals surface area contributed by atoms with Crippen LogP contribution in [-0.4, -0.2) is 57.8 Å². The number of carbonyl (C=O) groups excluding carboxylic acids is 1. The molecule has 0 aliphatic heterocycles. The molecule has 3 heterocycles. The Morgan fingerprint density at radius 2 is 1.81 bits per heavy atom. The first-order chi connectivity index (χ1) is 18.0. The Bertz CT molecular complexity index is 1380. The molecule has 0 saturated heterocycles. The molecule has 0 spiro atoms. The van der Waals surface area contributed by atoms with Gasteiger partial charge in [0.2, 0.25) is 11.8 Å². The van der Waals surface area contributed by atoms with Gasteiger partial charge in [0.25, 0.3) is 0 Å². The van der Waals surface area contributed by atoms with Crippen LogP contribution in [0.3, 0.4) is 0 Å². The van der Waals surface area contributed by atoms with Gasteiger partial charge in [-0.1, -0.05) is 0 Å². The third-order valence-electron chi connectivity index (χ3n) is 5.51. The molecule has 0 aliphatic rings. The van der Waals surface area contributed by atoms with Crippen LogP contribution in [0.15, 0.2) is 43.1 Å². The summed E-state index contributed by atoms with van der Waals surface area (Å²) in [5.74, 6) is -0.0398. The van der Waals surface area contributed by atoms with E-state index in [0.29, 0.717) is 48.1 Å². The zero-order valence-electron chi connectivity index (χ0n) is 20.8. The molecular formula is C26H27FN6O4. The number of halogens is 1. The number of unbranched alkanes of at least 4 members (excludes halogenated alkanes) is 1. The van der Waals surface area contributed by atoms with Gasteiger partial charge in [-0.25, -0.2) is 34.1 Å². The van der Waals surface area contributed by atoms with Crippen molar-refractivity contribution in [3.63, 3.8) is 0 Å². The molecule has 0 saturated carbocycles. The van der Waals surface area contributed by atoms with Crippen LogP contribution in [0.4, 0.5) is 10.3 Å². The first kappa shape index (κ1) is 25.7. The van der Waals surface area contributed by atoms with Crippen molar-refractivity contribution in [3.05, 3.63) is 60.2 Å². The van der Waals surface area contributed by atoms with Crippen molar-refractivity contribution < 1.29 is 23.4 Å². The SMILES string of the molecule is CCOC(=O)c1cnc(NCCCCOc2cc(-c3cnc(OC)c(F)c3)cc3c(C)ncnc23)nc1. The lowest BCUT2D eigenvalue weighted by atomic mass is 10.0. The summed E-state index contributed by atoms with van der Waals surface area (Å²) in [4.78, 5) is 32.7. The minimum Gasteiger partial charge on any atom is -0.491 e. The molecule has 1 aromatic carbocycles. The third kappa shape index (κ3) is 6.24.